The number of allylic oxidation sites excluding steroid dienone is 4. The third-order valence-corrected chi connectivity index (χ3v) is 12.4. The van der Waals surface area contributed by atoms with E-state index in [4.69, 9.17) is 9.97 Å². The van der Waals surface area contributed by atoms with Crippen molar-refractivity contribution in [1.82, 2.24) is 19.1 Å². The van der Waals surface area contributed by atoms with Crippen molar-refractivity contribution >= 4 is 49.2 Å². The number of hydrogen-bond donors (Lipinski definition) is 0. The largest absolute Gasteiger partial charge is 0.309 e. The fourth-order valence-corrected chi connectivity index (χ4v) is 9.46. The molecule has 4 nitrogen and oxygen atoms in total. The van der Waals surface area contributed by atoms with Crippen LogP contribution in [0.1, 0.15) is 18.5 Å². The summed E-state index contributed by atoms with van der Waals surface area (Å²) < 4.78 is 4.79. The highest BCUT2D eigenvalue weighted by molar-refractivity contribution is 6.16. The second kappa shape index (κ2) is 14.9. The Labute approximate surface area is 360 Å². The molecule has 0 bridgehead atoms. The molecule has 0 saturated heterocycles. The van der Waals surface area contributed by atoms with Crippen molar-refractivity contribution in [3.63, 3.8) is 0 Å². The monoisotopic (exact) mass is 792 g/mol. The van der Waals surface area contributed by atoms with Crippen LogP contribution in [-0.4, -0.2) is 19.1 Å². The molecule has 3 heterocycles. The Kier molecular flexibility index (Phi) is 8.60. The van der Waals surface area contributed by atoms with Crippen LogP contribution in [0.25, 0.3) is 105 Å². The van der Waals surface area contributed by atoms with Gasteiger partial charge >= 0.3 is 0 Å². The maximum atomic E-state index is 5.18. The van der Waals surface area contributed by atoms with Crippen LogP contribution in [0.15, 0.2) is 218 Å². The molecule has 12 rings (SSSR count). The van der Waals surface area contributed by atoms with E-state index in [0.717, 1.165) is 69.2 Å². The third-order valence-electron chi connectivity index (χ3n) is 12.4. The van der Waals surface area contributed by atoms with Gasteiger partial charge < -0.3 is 9.13 Å². The maximum Gasteiger partial charge on any atom is 0.160 e. The first-order chi connectivity index (χ1) is 30.7. The topological polar surface area (TPSA) is 35.6 Å². The predicted molar refractivity (Wildman–Crippen MR) is 259 cm³/mol. The van der Waals surface area contributed by atoms with E-state index < -0.39 is 0 Å². The number of aromatic nitrogens is 4. The second-order valence-electron chi connectivity index (χ2n) is 16.1. The first-order valence-corrected chi connectivity index (χ1v) is 21.4. The Balaban J connectivity index is 0.953. The summed E-state index contributed by atoms with van der Waals surface area (Å²) in [6.07, 6.45) is 8.78. The zero-order valence-corrected chi connectivity index (χ0v) is 34.0. The smallest absolute Gasteiger partial charge is 0.160 e. The molecule has 4 heteroatoms. The number of fused-ring (bicyclic) bond motifs is 6. The van der Waals surface area contributed by atoms with Crippen molar-refractivity contribution in [2.45, 2.75) is 12.8 Å². The zero-order chi connectivity index (χ0) is 41.0. The average molecular weight is 793 g/mol. The molecule has 1 aliphatic rings. The summed E-state index contributed by atoms with van der Waals surface area (Å²) in [5.41, 5.74) is 16.8. The van der Waals surface area contributed by atoms with Crippen LogP contribution in [-0.2, 0) is 0 Å². The van der Waals surface area contributed by atoms with E-state index in [1.807, 2.05) is 6.07 Å². The normalized spacial score (nSPS) is 12.7. The molecule has 0 spiro atoms. The second-order valence-corrected chi connectivity index (χ2v) is 16.1. The summed E-state index contributed by atoms with van der Waals surface area (Å²) in [5.74, 6) is 0.721. The van der Waals surface area contributed by atoms with Gasteiger partial charge in [-0.25, -0.2) is 9.97 Å². The van der Waals surface area contributed by atoms with Crippen LogP contribution in [0.5, 0.6) is 0 Å². The minimum atomic E-state index is 0.721. The Morgan fingerprint density at radius 3 is 1.79 bits per heavy atom. The summed E-state index contributed by atoms with van der Waals surface area (Å²) >= 11 is 0. The predicted octanol–water partition coefficient (Wildman–Crippen LogP) is 15.1. The van der Waals surface area contributed by atoms with Gasteiger partial charge in [0, 0.05) is 44.0 Å². The summed E-state index contributed by atoms with van der Waals surface area (Å²) in [6.45, 7) is 0. The molecule has 11 aromatic rings. The van der Waals surface area contributed by atoms with Crippen molar-refractivity contribution in [3.05, 3.63) is 224 Å². The number of nitrogens with zero attached hydrogens (tertiary/aromatic N) is 4. The molecule has 0 amide bonds. The minimum Gasteiger partial charge on any atom is -0.309 e. The van der Waals surface area contributed by atoms with Crippen LogP contribution in [0, 0.1) is 0 Å². The third kappa shape index (κ3) is 6.07. The van der Waals surface area contributed by atoms with E-state index in [0.29, 0.717) is 0 Å². The summed E-state index contributed by atoms with van der Waals surface area (Å²) in [5, 5.41) is 4.95. The molecule has 0 unspecified atom stereocenters. The molecule has 0 aliphatic heterocycles. The molecule has 0 fully saturated rings. The van der Waals surface area contributed by atoms with Crippen molar-refractivity contribution in [1.29, 1.82) is 0 Å². The van der Waals surface area contributed by atoms with E-state index in [2.05, 4.69) is 221 Å². The highest BCUT2D eigenvalue weighted by Gasteiger charge is 2.19. The number of para-hydroxylation sites is 3. The van der Waals surface area contributed by atoms with Gasteiger partial charge in [0.1, 0.15) is 0 Å². The van der Waals surface area contributed by atoms with Crippen molar-refractivity contribution in [3.8, 4) is 56.3 Å². The van der Waals surface area contributed by atoms with Gasteiger partial charge in [-0.15, -0.1) is 0 Å². The molecule has 0 atom stereocenters. The molecule has 292 valence electrons. The van der Waals surface area contributed by atoms with Crippen LogP contribution >= 0.6 is 0 Å². The van der Waals surface area contributed by atoms with Crippen molar-refractivity contribution < 1.29 is 0 Å². The lowest BCUT2D eigenvalue weighted by molar-refractivity contribution is 1.03. The SMILES string of the molecule is C1=CC(c2cc(-c3ccccc3)nc(-c3cccc(-c4cccc5c4c4ccccc4n5-c4ccc(-c5ccc6c7ccccc7n(-c7ccccc7)c6c5)cc4)c3)n2)=CCC1. The van der Waals surface area contributed by atoms with Gasteiger partial charge in [0.05, 0.1) is 33.5 Å². The molecule has 0 N–H and O–H groups in total. The average Bonchev–Trinajstić information content (AvgIpc) is 3.87. The van der Waals surface area contributed by atoms with E-state index in [-0.39, 0.29) is 0 Å². The van der Waals surface area contributed by atoms with Crippen molar-refractivity contribution in [2.24, 2.45) is 0 Å². The van der Waals surface area contributed by atoms with Gasteiger partial charge in [-0.3, -0.25) is 0 Å². The van der Waals surface area contributed by atoms with E-state index >= 15 is 0 Å². The van der Waals surface area contributed by atoms with Gasteiger partial charge in [-0.2, -0.15) is 0 Å². The standard InChI is InChI=1S/C58H40N4/c1-4-16-40(17-5-1)51-38-52(41-18-6-2-7-19-41)60-58(59-51)44-21-14-20-43(36-44)47-26-15-29-55-57(47)50-25-11-13-28-54(50)61(55)46-33-30-39(31-34-46)42-32-35-49-48-24-10-12-27-53(48)62(56(49)37-42)45-22-8-3-9-23-45/h1,3-6,8-38H,2,7H2. The van der Waals surface area contributed by atoms with Gasteiger partial charge in [0.2, 0.25) is 0 Å². The Hall–Kier alpha value is -8.08. The van der Waals surface area contributed by atoms with Gasteiger partial charge in [-0.1, -0.05) is 158 Å². The summed E-state index contributed by atoms with van der Waals surface area (Å²) in [4.78, 5) is 10.3. The van der Waals surface area contributed by atoms with Crippen LogP contribution in [0.4, 0.5) is 0 Å². The van der Waals surface area contributed by atoms with E-state index in [1.165, 1.54) is 54.8 Å². The highest BCUT2D eigenvalue weighted by Crippen LogP contribution is 2.41. The fraction of sp³-hybridized carbons (Fsp3) is 0.0345. The Bertz CT molecular complexity index is 3550. The molecule has 1 aliphatic carbocycles. The maximum absolute atomic E-state index is 5.18. The summed E-state index contributed by atoms with van der Waals surface area (Å²) in [6, 6.07) is 72.0. The van der Waals surface area contributed by atoms with Crippen LogP contribution < -0.4 is 0 Å². The van der Waals surface area contributed by atoms with E-state index in [1.54, 1.807) is 0 Å². The minimum absolute atomic E-state index is 0.721. The lowest BCUT2D eigenvalue weighted by atomic mass is 9.97. The molecular weight excluding hydrogens is 753 g/mol. The molecule has 3 aromatic heterocycles. The number of hydrogen-bond acceptors (Lipinski definition) is 2. The molecule has 0 saturated carbocycles. The highest BCUT2D eigenvalue weighted by atomic mass is 15.0. The van der Waals surface area contributed by atoms with Gasteiger partial charge in [0.15, 0.2) is 5.82 Å². The quantitative estimate of drug-likeness (QED) is 0.161. The lowest BCUT2D eigenvalue weighted by Crippen LogP contribution is -1.99. The first kappa shape index (κ1) is 35.8. The first-order valence-electron chi connectivity index (χ1n) is 21.4. The van der Waals surface area contributed by atoms with Crippen LogP contribution in [0.2, 0.25) is 0 Å². The number of rotatable bonds is 7. The van der Waals surface area contributed by atoms with Crippen molar-refractivity contribution in [2.75, 3.05) is 0 Å². The molecule has 0 radical (unpaired) electrons. The Morgan fingerprint density at radius 1 is 0.371 bits per heavy atom. The zero-order valence-electron chi connectivity index (χ0n) is 34.0. The summed E-state index contributed by atoms with van der Waals surface area (Å²) in [7, 11) is 0. The Morgan fingerprint density at radius 2 is 0.984 bits per heavy atom. The molecule has 62 heavy (non-hydrogen) atoms. The lowest BCUT2D eigenvalue weighted by Gasteiger charge is -2.13. The molecular formula is C58H40N4. The van der Waals surface area contributed by atoms with E-state index in [9.17, 15) is 0 Å². The number of benzene rings is 8. The van der Waals surface area contributed by atoms with Gasteiger partial charge in [0.25, 0.3) is 0 Å². The fourth-order valence-electron chi connectivity index (χ4n) is 9.46. The van der Waals surface area contributed by atoms with Gasteiger partial charge in [-0.05, 0) is 101 Å². The molecule has 8 aromatic carbocycles. The van der Waals surface area contributed by atoms with Crippen LogP contribution in [0.3, 0.4) is 0 Å².